The van der Waals surface area contributed by atoms with Gasteiger partial charge in [0.2, 0.25) is 0 Å². The summed E-state index contributed by atoms with van der Waals surface area (Å²) in [5.41, 5.74) is 0. The molecule has 0 saturated carbocycles. The average molecular weight is 185 g/mol. The third kappa shape index (κ3) is 1.28. The maximum absolute atomic E-state index is 10.9. The van der Waals surface area contributed by atoms with Gasteiger partial charge in [-0.15, -0.1) is 0 Å². The highest BCUT2D eigenvalue weighted by molar-refractivity contribution is 7.80. The Morgan fingerprint density at radius 1 is 1.67 bits per heavy atom. The van der Waals surface area contributed by atoms with Crippen molar-refractivity contribution < 1.29 is 14.4 Å². The number of carboxylic acid groups (broad SMARTS) is 1. The first-order valence-corrected chi connectivity index (χ1v) is 4.23. The van der Waals surface area contributed by atoms with Crippen molar-refractivity contribution >= 4 is 18.7 Å². The van der Waals surface area contributed by atoms with Crippen molar-refractivity contribution in [3.8, 4) is 0 Å². The van der Waals surface area contributed by atoms with Crippen LogP contribution in [-0.2, 0) is 0 Å². The van der Waals surface area contributed by atoms with Crippen LogP contribution < -0.4 is 0 Å². The van der Waals surface area contributed by atoms with E-state index in [2.05, 4.69) is 0 Å². The molecule has 1 amide bonds. The lowest BCUT2D eigenvalue weighted by molar-refractivity contribution is -0.808. The molecule has 0 aromatic rings. The van der Waals surface area contributed by atoms with Gasteiger partial charge in [-0.3, -0.25) is 0 Å². The number of likely N-dealkylation sites (N-methyl/N-ethyl adjacent to an activating group) is 1. The highest BCUT2D eigenvalue weighted by atomic mass is 32.1. The molecule has 0 aliphatic carbocycles. The van der Waals surface area contributed by atoms with Gasteiger partial charge in [0.15, 0.2) is 5.37 Å². The maximum atomic E-state index is 10.9. The highest BCUT2D eigenvalue weighted by Crippen LogP contribution is 2.22. The zero-order valence-electron chi connectivity index (χ0n) is 6.80. The van der Waals surface area contributed by atoms with Gasteiger partial charge < -0.3 is 5.11 Å². The molecule has 12 heavy (non-hydrogen) atoms. The van der Waals surface area contributed by atoms with Crippen LogP contribution in [0.2, 0.25) is 0 Å². The van der Waals surface area contributed by atoms with Crippen molar-refractivity contribution in [3.63, 3.8) is 0 Å². The molecule has 0 spiro atoms. The number of hydrogen-bond acceptors (Lipinski definition) is 1. The van der Waals surface area contributed by atoms with Crippen molar-refractivity contribution in [2.24, 2.45) is 0 Å². The number of carbonyl (C=O) groups is 1. The van der Waals surface area contributed by atoms with E-state index in [4.69, 9.17) is 17.7 Å². The lowest BCUT2D eigenvalue weighted by Gasteiger charge is -2.31. The first kappa shape index (κ1) is 9.35. The number of nitrogens with zero attached hydrogens (tertiary/aromatic N) is 1. The quantitative estimate of drug-likeness (QED) is 0.635. The first-order valence-electron chi connectivity index (χ1n) is 3.76. The number of allylic oxidation sites excluding steroid dienone is 2. The second kappa shape index (κ2) is 3.33. The predicted octanol–water partition coefficient (Wildman–Crippen LogP) is 2.11. The fourth-order valence-corrected chi connectivity index (χ4v) is 1.59. The topological polar surface area (TPSA) is 37.3 Å². The van der Waals surface area contributed by atoms with Gasteiger partial charge in [0.05, 0.1) is 6.54 Å². The summed E-state index contributed by atoms with van der Waals surface area (Å²) in [4.78, 5) is 10.9. The van der Waals surface area contributed by atoms with Crippen LogP contribution in [0.1, 0.15) is 6.92 Å². The van der Waals surface area contributed by atoms with Crippen molar-refractivity contribution in [1.82, 2.24) is 0 Å². The second-order valence-corrected chi connectivity index (χ2v) is 3.13. The van der Waals surface area contributed by atoms with Crippen molar-refractivity contribution in [3.05, 3.63) is 24.4 Å². The fourth-order valence-electron chi connectivity index (χ4n) is 1.19. The van der Waals surface area contributed by atoms with Gasteiger partial charge in [-0.05, 0) is 31.7 Å². The van der Waals surface area contributed by atoms with E-state index in [9.17, 15) is 4.79 Å². The Labute approximate surface area is 77.0 Å². The summed E-state index contributed by atoms with van der Waals surface area (Å²) in [6, 6.07) is 0. The smallest absolute Gasteiger partial charge is 0.435 e. The van der Waals surface area contributed by atoms with Crippen LogP contribution >= 0.6 is 12.6 Å². The standard InChI is InChI=1S/C8H10NO2S/c1-2-9(8(10)11)6-4-3-5-7(9)12/h3-7H,2H2,1H3/p+1. The first-order chi connectivity index (χ1) is 5.63. The fraction of sp³-hybridized carbons (Fsp3) is 0.375. The molecule has 2 atom stereocenters. The van der Waals surface area contributed by atoms with Crippen molar-refractivity contribution in [2.45, 2.75) is 12.3 Å². The minimum absolute atomic E-state index is 0.175. The Bertz CT molecular complexity index is 249. The number of amides is 1. The summed E-state index contributed by atoms with van der Waals surface area (Å²) >= 11 is 5.05. The largest absolute Gasteiger partial charge is 0.519 e. The molecule has 4 heteroatoms. The molecule has 0 bridgehead atoms. The summed E-state index contributed by atoms with van der Waals surface area (Å²) in [6.45, 7) is 2.29. The van der Waals surface area contributed by atoms with Crippen LogP contribution in [0.15, 0.2) is 24.4 Å². The van der Waals surface area contributed by atoms with Gasteiger partial charge in [0.1, 0.15) is 6.20 Å². The average Bonchev–Trinajstić information content (AvgIpc) is 2.05. The lowest BCUT2D eigenvalue weighted by Crippen LogP contribution is -2.52. The van der Waals surface area contributed by atoms with Gasteiger partial charge in [-0.1, -0.05) is 6.08 Å². The molecule has 3 nitrogen and oxygen atoms in total. The van der Waals surface area contributed by atoms with Gasteiger partial charge >= 0.3 is 6.09 Å². The molecule has 65 valence electrons. The number of hydrogen-bond donors (Lipinski definition) is 1. The van der Waals surface area contributed by atoms with E-state index in [1.807, 2.05) is 6.92 Å². The number of quaternary nitrogens is 1. The molecule has 1 N–H and O–H groups in total. The Hall–Kier alpha value is -0.740. The monoisotopic (exact) mass is 185 g/mol. The van der Waals surface area contributed by atoms with E-state index in [1.165, 1.54) is 0 Å². The molecule has 0 fully saturated rings. The SMILES string of the molecule is CC[N+]1(C(=O)O)C=CC=CC1[S]. The zero-order chi connectivity index (χ0) is 9.19. The van der Waals surface area contributed by atoms with E-state index in [0.717, 1.165) is 0 Å². The summed E-state index contributed by atoms with van der Waals surface area (Å²) in [7, 11) is 0. The summed E-state index contributed by atoms with van der Waals surface area (Å²) < 4.78 is -0.175. The summed E-state index contributed by atoms with van der Waals surface area (Å²) in [5, 5.41) is 8.59. The Balaban J connectivity index is 3.00. The second-order valence-electron chi connectivity index (χ2n) is 2.65. The zero-order valence-corrected chi connectivity index (χ0v) is 7.62. The van der Waals surface area contributed by atoms with Crippen molar-refractivity contribution in [2.75, 3.05) is 6.54 Å². The Kier molecular flexibility index (Phi) is 2.59. The third-order valence-electron chi connectivity index (χ3n) is 2.07. The van der Waals surface area contributed by atoms with Crippen LogP contribution in [0.25, 0.3) is 0 Å². The van der Waals surface area contributed by atoms with Crippen LogP contribution in [0.5, 0.6) is 0 Å². The van der Waals surface area contributed by atoms with Crippen LogP contribution in [0.3, 0.4) is 0 Å². The minimum Gasteiger partial charge on any atom is -0.435 e. The minimum atomic E-state index is -0.891. The summed E-state index contributed by atoms with van der Waals surface area (Å²) in [5.74, 6) is 0. The molecule has 1 aliphatic heterocycles. The van der Waals surface area contributed by atoms with E-state index in [-0.39, 0.29) is 4.48 Å². The van der Waals surface area contributed by atoms with Crippen molar-refractivity contribution in [1.29, 1.82) is 0 Å². The van der Waals surface area contributed by atoms with E-state index >= 15 is 0 Å². The van der Waals surface area contributed by atoms with E-state index in [0.29, 0.717) is 6.54 Å². The summed E-state index contributed by atoms with van der Waals surface area (Å²) in [6.07, 6.45) is 5.97. The molecule has 0 aromatic heterocycles. The van der Waals surface area contributed by atoms with E-state index in [1.54, 1.807) is 24.4 Å². The molecule has 0 aromatic carbocycles. The van der Waals surface area contributed by atoms with Gasteiger partial charge in [0, 0.05) is 0 Å². The third-order valence-corrected chi connectivity index (χ3v) is 2.61. The maximum Gasteiger partial charge on any atom is 0.519 e. The molecule has 2 unspecified atom stereocenters. The van der Waals surface area contributed by atoms with E-state index < -0.39 is 11.5 Å². The van der Waals surface area contributed by atoms with Crippen LogP contribution in [0.4, 0.5) is 4.79 Å². The Morgan fingerprint density at radius 2 is 2.33 bits per heavy atom. The predicted molar refractivity (Wildman–Crippen MR) is 48.5 cm³/mol. The highest BCUT2D eigenvalue weighted by Gasteiger charge is 2.39. The molecule has 1 radical (unpaired) electrons. The lowest BCUT2D eigenvalue weighted by atomic mass is 10.3. The molecule has 0 saturated heterocycles. The van der Waals surface area contributed by atoms with Gasteiger partial charge in [-0.25, -0.2) is 0 Å². The van der Waals surface area contributed by atoms with Gasteiger partial charge in [0.25, 0.3) is 0 Å². The van der Waals surface area contributed by atoms with Gasteiger partial charge in [-0.2, -0.15) is 9.28 Å². The van der Waals surface area contributed by atoms with Crippen LogP contribution in [0, 0.1) is 0 Å². The normalized spacial score (nSPS) is 33.7. The molecule has 1 rings (SSSR count). The Morgan fingerprint density at radius 3 is 2.67 bits per heavy atom. The molecule has 1 aliphatic rings. The van der Waals surface area contributed by atoms with Crippen LogP contribution in [-0.4, -0.2) is 27.6 Å². The molecular formula is C8H11NO2S+. The molecular weight excluding hydrogens is 174 g/mol. The molecule has 1 heterocycles. The number of rotatable bonds is 1.